The van der Waals surface area contributed by atoms with Gasteiger partial charge in [-0.15, -0.1) is 0 Å². The second-order valence-corrected chi connectivity index (χ2v) is 6.02. The van der Waals surface area contributed by atoms with Crippen molar-refractivity contribution in [2.75, 3.05) is 0 Å². The fourth-order valence-corrected chi connectivity index (χ4v) is 2.66. The minimum atomic E-state index is 0.395. The van der Waals surface area contributed by atoms with Crippen LogP contribution in [0.4, 0.5) is 0 Å². The van der Waals surface area contributed by atoms with Gasteiger partial charge in [0.2, 0.25) is 0 Å². The lowest BCUT2D eigenvalue weighted by molar-refractivity contribution is 0.614. The summed E-state index contributed by atoms with van der Waals surface area (Å²) in [7, 11) is 0. The van der Waals surface area contributed by atoms with E-state index in [-0.39, 0.29) is 0 Å². The first-order valence-electron chi connectivity index (χ1n) is 7.51. The molecule has 3 aromatic rings. The second kappa shape index (κ2) is 5.32. The predicted molar refractivity (Wildman–Crippen MR) is 87.4 cm³/mol. The van der Waals surface area contributed by atoms with Crippen LogP contribution in [0.15, 0.2) is 42.7 Å². The van der Waals surface area contributed by atoms with Gasteiger partial charge in [0.05, 0.1) is 11.4 Å². The van der Waals surface area contributed by atoms with Gasteiger partial charge < -0.3 is 4.57 Å². The fraction of sp³-hybridized carbons (Fsp3) is 0.333. The molecule has 0 amide bonds. The van der Waals surface area contributed by atoms with E-state index < -0.39 is 0 Å². The number of fused-ring (bicyclic) bond motifs is 1. The summed E-state index contributed by atoms with van der Waals surface area (Å²) < 4.78 is 2.26. The molecule has 108 valence electrons. The van der Waals surface area contributed by atoms with Crippen molar-refractivity contribution < 1.29 is 0 Å². The molecule has 0 saturated carbocycles. The molecule has 0 spiro atoms. The maximum atomic E-state index is 4.87. The zero-order valence-corrected chi connectivity index (χ0v) is 13.0. The Morgan fingerprint density at radius 2 is 1.76 bits per heavy atom. The maximum absolute atomic E-state index is 4.87. The maximum Gasteiger partial charge on any atom is 0.141 e. The molecule has 0 aromatic carbocycles. The van der Waals surface area contributed by atoms with Crippen molar-refractivity contribution in [3.05, 3.63) is 48.3 Å². The van der Waals surface area contributed by atoms with Crippen LogP contribution >= 0.6 is 0 Å². The topological polar surface area (TPSA) is 30.7 Å². The Morgan fingerprint density at radius 1 is 0.952 bits per heavy atom. The second-order valence-electron chi connectivity index (χ2n) is 6.02. The molecule has 0 aliphatic heterocycles. The molecule has 0 fully saturated rings. The first kappa shape index (κ1) is 13.8. The van der Waals surface area contributed by atoms with Crippen LogP contribution in [0, 0.1) is 0 Å². The Hall–Kier alpha value is -2.16. The quantitative estimate of drug-likeness (QED) is 0.689. The predicted octanol–water partition coefficient (Wildman–Crippen LogP) is 4.80. The average molecular weight is 279 g/mol. The number of hydrogen-bond donors (Lipinski definition) is 0. The third-order valence-corrected chi connectivity index (χ3v) is 3.81. The molecule has 0 atom stereocenters. The largest absolute Gasteiger partial charge is 0.330 e. The Bertz CT molecular complexity index is 755. The summed E-state index contributed by atoms with van der Waals surface area (Å²) in [5.41, 5.74) is 4.26. The molecule has 21 heavy (non-hydrogen) atoms. The first-order chi connectivity index (χ1) is 10.1. The van der Waals surface area contributed by atoms with Crippen LogP contribution in [-0.4, -0.2) is 14.5 Å². The van der Waals surface area contributed by atoms with Crippen LogP contribution in [0.1, 0.15) is 45.2 Å². The SMILES string of the molecule is CC(C)c1cn(C(C)C)c2nc(-c3ccccn3)ccc12. The van der Waals surface area contributed by atoms with E-state index in [9.17, 15) is 0 Å². The van der Waals surface area contributed by atoms with Gasteiger partial charge in [-0.1, -0.05) is 19.9 Å². The molecule has 3 heterocycles. The molecule has 0 N–H and O–H groups in total. The zero-order chi connectivity index (χ0) is 15.0. The van der Waals surface area contributed by atoms with Gasteiger partial charge in [0.25, 0.3) is 0 Å². The Morgan fingerprint density at radius 3 is 2.38 bits per heavy atom. The lowest BCUT2D eigenvalue weighted by atomic mass is 10.0. The molecule has 3 aromatic heterocycles. The Labute approximate surface area is 125 Å². The molecule has 0 aliphatic rings. The van der Waals surface area contributed by atoms with Crippen LogP contribution in [0.25, 0.3) is 22.4 Å². The van der Waals surface area contributed by atoms with Crippen molar-refractivity contribution in [2.45, 2.75) is 39.7 Å². The average Bonchev–Trinajstić information content (AvgIpc) is 2.87. The minimum Gasteiger partial charge on any atom is -0.330 e. The van der Waals surface area contributed by atoms with Crippen LogP contribution in [0.3, 0.4) is 0 Å². The highest BCUT2D eigenvalue weighted by Gasteiger charge is 2.15. The summed E-state index contributed by atoms with van der Waals surface area (Å²) in [4.78, 5) is 9.27. The minimum absolute atomic E-state index is 0.395. The fourth-order valence-electron chi connectivity index (χ4n) is 2.66. The number of hydrogen-bond acceptors (Lipinski definition) is 2. The van der Waals surface area contributed by atoms with Gasteiger partial charge in [0.1, 0.15) is 5.65 Å². The summed E-state index contributed by atoms with van der Waals surface area (Å²) in [6, 6.07) is 10.6. The summed E-state index contributed by atoms with van der Waals surface area (Å²) >= 11 is 0. The zero-order valence-electron chi connectivity index (χ0n) is 13.0. The van der Waals surface area contributed by atoms with Crippen molar-refractivity contribution in [2.24, 2.45) is 0 Å². The van der Waals surface area contributed by atoms with E-state index in [1.807, 2.05) is 24.4 Å². The molecule has 0 bridgehead atoms. The van der Waals surface area contributed by atoms with Crippen molar-refractivity contribution in [3.63, 3.8) is 0 Å². The van der Waals surface area contributed by atoms with Gasteiger partial charge in [-0.3, -0.25) is 4.98 Å². The summed E-state index contributed by atoms with van der Waals surface area (Å²) in [5, 5.41) is 1.25. The van der Waals surface area contributed by atoms with Crippen LogP contribution < -0.4 is 0 Å². The molecule has 3 heteroatoms. The Balaban J connectivity index is 2.23. The van der Waals surface area contributed by atoms with Crippen LogP contribution in [0.2, 0.25) is 0 Å². The standard InChI is InChI=1S/C18H21N3/c1-12(2)15-11-21(13(3)4)18-14(15)8-9-17(20-18)16-7-5-6-10-19-16/h5-13H,1-4H3. The van der Waals surface area contributed by atoms with Gasteiger partial charge in [-0.25, -0.2) is 4.98 Å². The number of aromatic nitrogens is 3. The molecule has 0 saturated heterocycles. The van der Waals surface area contributed by atoms with E-state index in [1.165, 1.54) is 10.9 Å². The molecule has 0 radical (unpaired) electrons. The lowest BCUT2D eigenvalue weighted by Crippen LogP contribution is -2.00. The molecule has 3 nitrogen and oxygen atoms in total. The highest BCUT2D eigenvalue weighted by Crippen LogP contribution is 2.30. The number of rotatable bonds is 3. The lowest BCUT2D eigenvalue weighted by Gasteiger charge is -2.09. The van der Waals surface area contributed by atoms with E-state index >= 15 is 0 Å². The van der Waals surface area contributed by atoms with Gasteiger partial charge in [0, 0.05) is 23.8 Å². The molecule has 3 rings (SSSR count). The first-order valence-corrected chi connectivity index (χ1v) is 7.51. The van der Waals surface area contributed by atoms with E-state index in [0.717, 1.165) is 17.0 Å². The third kappa shape index (κ3) is 2.44. The Kier molecular flexibility index (Phi) is 3.50. The summed E-state index contributed by atoms with van der Waals surface area (Å²) in [5.74, 6) is 0.495. The van der Waals surface area contributed by atoms with E-state index in [2.05, 4.69) is 55.6 Å². The number of pyridine rings is 2. The third-order valence-electron chi connectivity index (χ3n) is 3.81. The summed E-state index contributed by atoms with van der Waals surface area (Å²) in [6.45, 7) is 8.84. The van der Waals surface area contributed by atoms with E-state index in [1.54, 1.807) is 0 Å². The van der Waals surface area contributed by atoms with Gasteiger partial charge in [-0.2, -0.15) is 0 Å². The van der Waals surface area contributed by atoms with E-state index in [4.69, 9.17) is 4.98 Å². The van der Waals surface area contributed by atoms with Gasteiger partial charge in [-0.05, 0) is 49.6 Å². The highest BCUT2D eigenvalue weighted by atomic mass is 15.1. The van der Waals surface area contributed by atoms with Crippen molar-refractivity contribution >= 4 is 11.0 Å². The smallest absolute Gasteiger partial charge is 0.141 e. The van der Waals surface area contributed by atoms with Gasteiger partial charge >= 0.3 is 0 Å². The van der Waals surface area contributed by atoms with Crippen LogP contribution in [0.5, 0.6) is 0 Å². The molecule has 0 unspecified atom stereocenters. The van der Waals surface area contributed by atoms with Gasteiger partial charge in [0.15, 0.2) is 0 Å². The van der Waals surface area contributed by atoms with Crippen molar-refractivity contribution in [1.82, 2.24) is 14.5 Å². The molecular weight excluding hydrogens is 258 g/mol. The molecule has 0 aliphatic carbocycles. The van der Waals surface area contributed by atoms with Crippen LogP contribution in [-0.2, 0) is 0 Å². The van der Waals surface area contributed by atoms with E-state index in [0.29, 0.717) is 12.0 Å². The number of nitrogens with zero attached hydrogens (tertiary/aromatic N) is 3. The van der Waals surface area contributed by atoms with Crippen molar-refractivity contribution in [1.29, 1.82) is 0 Å². The monoisotopic (exact) mass is 279 g/mol. The normalized spacial score (nSPS) is 11.7. The molecular formula is C18H21N3. The van der Waals surface area contributed by atoms with Crippen molar-refractivity contribution in [3.8, 4) is 11.4 Å². The summed E-state index contributed by atoms with van der Waals surface area (Å²) in [6.07, 6.45) is 4.05. The highest BCUT2D eigenvalue weighted by molar-refractivity contribution is 5.83.